The van der Waals surface area contributed by atoms with E-state index in [2.05, 4.69) is 30.8 Å². The fourth-order valence-electron chi connectivity index (χ4n) is 3.15. The Bertz CT molecular complexity index is 1310. The zero-order valence-electron chi connectivity index (χ0n) is 17.4. The average molecular weight is 508 g/mol. The molecule has 3 heterocycles. The van der Waals surface area contributed by atoms with Gasteiger partial charge in [-0.25, -0.2) is 9.26 Å². The molecule has 0 spiro atoms. The molecule has 1 aliphatic heterocycles. The quantitative estimate of drug-likeness (QED) is 0.275. The summed E-state index contributed by atoms with van der Waals surface area (Å²) >= 11 is 0. The highest BCUT2D eigenvalue weighted by molar-refractivity contribution is 5.89. The summed E-state index contributed by atoms with van der Waals surface area (Å²) in [6.07, 6.45) is -6.85. The van der Waals surface area contributed by atoms with E-state index in [0.717, 1.165) is 46.7 Å². The number of hydrogen-bond donors (Lipinski definition) is 0. The summed E-state index contributed by atoms with van der Waals surface area (Å²) in [5.74, 6) is -0.324. The molecule has 184 valence electrons. The van der Waals surface area contributed by atoms with Gasteiger partial charge in [0, 0.05) is 0 Å². The molecule has 0 aliphatic carbocycles. The van der Waals surface area contributed by atoms with Crippen LogP contribution in [0.3, 0.4) is 0 Å². The molecule has 0 fully saturated rings. The number of halogens is 6. The third-order valence-electron chi connectivity index (χ3n) is 4.78. The summed E-state index contributed by atoms with van der Waals surface area (Å²) in [4.78, 5) is 0. The molecular formula is C20H10F6N8O2. The molecule has 2 aromatic carbocycles. The third-order valence-corrected chi connectivity index (χ3v) is 4.78. The van der Waals surface area contributed by atoms with Crippen molar-refractivity contribution in [3.05, 3.63) is 70.8 Å². The van der Waals surface area contributed by atoms with Gasteiger partial charge < -0.3 is 0 Å². The zero-order chi connectivity index (χ0) is 25.5. The van der Waals surface area contributed by atoms with Gasteiger partial charge >= 0.3 is 12.4 Å². The number of anilines is 4. The molecule has 0 bridgehead atoms. The van der Waals surface area contributed by atoms with Gasteiger partial charge in [-0.15, -0.1) is 0 Å². The fraction of sp³-hybridized carbons (Fsp3) is 0.100. The molecule has 0 amide bonds. The lowest BCUT2D eigenvalue weighted by Gasteiger charge is -2.23. The second-order valence-corrected chi connectivity index (χ2v) is 7.18. The lowest BCUT2D eigenvalue weighted by Crippen LogP contribution is -2.24. The van der Waals surface area contributed by atoms with Crippen LogP contribution in [0.15, 0.2) is 68.0 Å². The van der Waals surface area contributed by atoms with Crippen molar-refractivity contribution in [1.82, 2.24) is 20.6 Å². The van der Waals surface area contributed by atoms with Crippen LogP contribution < -0.4 is 10.0 Å². The second-order valence-electron chi connectivity index (χ2n) is 7.18. The molecule has 2 aromatic heterocycles. The van der Waals surface area contributed by atoms with Crippen molar-refractivity contribution < 1.29 is 35.6 Å². The number of aromatic nitrogens is 4. The fourth-order valence-corrected chi connectivity index (χ4v) is 3.15. The van der Waals surface area contributed by atoms with Crippen molar-refractivity contribution >= 4 is 35.7 Å². The van der Waals surface area contributed by atoms with Crippen molar-refractivity contribution in [2.24, 2.45) is 10.2 Å². The number of rotatable bonds is 4. The smallest absolute Gasteiger partial charge is 0.240 e. The Morgan fingerprint density at radius 1 is 0.611 bits per heavy atom. The van der Waals surface area contributed by atoms with E-state index in [1.54, 1.807) is 0 Å². The van der Waals surface area contributed by atoms with E-state index in [-0.39, 0.29) is 34.4 Å². The topological polar surface area (TPSA) is 109 Å². The van der Waals surface area contributed by atoms with Gasteiger partial charge in [0.25, 0.3) is 0 Å². The molecule has 10 nitrogen and oxygen atoms in total. The van der Waals surface area contributed by atoms with E-state index in [4.69, 9.17) is 9.26 Å². The molecular weight excluding hydrogens is 498 g/mol. The second kappa shape index (κ2) is 8.47. The van der Waals surface area contributed by atoms with Gasteiger partial charge in [0.05, 0.1) is 23.6 Å². The maximum atomic E-state index is 13.0. The van der Waals surface area contributed by atoms with E-state index in [1.807, 2.05) is 0 Å². The molecule has 16 heteroatoms. The van der Waals surface area contributed by atoms with Crippen molar-refractivity contribution in [3.8, 4) is 0 Å². The Morgan fingerprint density at radius 2 is 0.972 bits per heavy atom. The van der Waals surface area contributed by atoms with E-state index in [0.29, 0.717) is 0 Å². The maximum Gasteiger partial charge on any atom is 0.416 e. The van der Waals surface area contributed by atoms with E-state index in [9.17, 15) is 26.3 Å². The molecule has 0 saturated carbocycles. The highest BCUT2D eigenvalue weighted by Crippen LogP contribution is 2.44. The number of alkyl halides is 6. The first kappa shape index (κ1) is 23.0. The van der Waals surface area contributed by atoms with Crippen molar-refractivity contribution in [2.75, 3.05) is 10.0 Å². The van der Waals surface area contributed by atoms with Crippen LogP contribution in [0.1, 0.15) is 22.3 Å². The van der Waals surface area contributed by atoms with Crippen LogP contribution in [0.5, 0.6) is 0 Å². The van der Waals surface area contributed by atoms with E-state index in [1.165, 1.54) is 24.3 Å². The third kappa shape index (κ3) is 4.35. The first-order chi connectivity index (χ1) is 17.1. The first-order valence-corrected chi connectivity index (χ1v) is 9.79. The summed E-state index contributed by atoms with van der Waals surface area (Å²) in [6, 6.07) is 8.85. The highest BCUT2D eigenvalue weighted by Gasteiger charge is 2.38. The van der Waals surface area contributed by atoms with Gasteiger partial charge in [0.2, 0.25) is 23.3 Å². The van der Waals surface area contributed by atoms with Crippen LogP contribution in [0.2, 0.25) is 0 Å². The minimum Gasteiger partial charge on any atom is -0.240 e. The SMILES string of the molecule is FC(F)(F)c1cccc(/C=N\N2c3nonc3N(/N=C\c3cccc(C(F)(F)F)c3)c3nonc32)c1. The van der Waals surface area contributed by atoms with E-state index >= 15 is 0 Å². The molecule has 5 rings (SSSR count). The Labute approximate surface area is 196 Å². The summed E-state index contributed by atoms with van der Waals surface area (Å²) < 4.78 is 87.5. The lowest BCUT2D eigenvalue weighted by molar-refractivity contribution is -0.138. The molecule has 4 aromatic rings. The Kier molecular flexibility index (Phi) is 5.41. The van der Waals surface area contributed by atoms with Gasteiger partial charge in [0.15, 0.2) is 0 Å². The largest absolute Gasteiger partial charge is 0.416 e. The summed E-state index contributed by atoms with van der Waals surface area (Å²) in [6.45, 7) is 0. The van der Waals surface area contributed by atoms with Gasteiger partial charge in [-0.2, -0.15) is 46.6 Å². The minimum absolute atomic E-state index is 0.0809. The number of hydrazone groups is 2. The molecule has 0 saturated heterocycles. The molecule has 0 atom stereocenters. The minimum atomic E-state index is -4.54. The van der Waals surface area contributed by atoms with Gasteiger partial charge in [-0.3, -0.25) is 0 Å². The van der Waals surface area contributed by atoms with Gasteiger partial charge in [-0.05, 0) is 56.0 Å². The van der Waals surface area contributed by atoms with Crippen LogP contribution in [0.25, 0.3) is 0 Å². The van der Waals surface area contributed by atoms with Crippen LogP contribution in [0.4, 0.5) is 49.6 Å². The van der Waals surface area contributed by atoms with Crippen LogP contribution in [0, 0.1) is 0 Å². The number of nitrogens with zero attached hydrogens (tertiary/aromatic N) is 8. The highest BCUT2D eigenvalue weighted by atomic mass is 19.4. The molecule has 0 N–H and O–H groups in total. The molecule has 0 unspecified atom stereocenters. The molecule has 0 radical (unpaired) electrons. The van der Waals surface area contributed by atoms with Crippen LogP contribution in [-0.4, -0.2) is 33.1 Å². The van der Waals surface area contributed by atoms with Crippen molar-refractivity contribution in [3.63, 3.8) is 0 Å². The maximum absolute atomic E-state index is 13.0. The predicted molar refractivity (Wildman–Crippen MR) is 111 cm³/mol. The summed E-state index contributed by atoms with van der Waals surface area (Å²) in [5, 5.41) is 25.2. The summed E-state index contributed by atoms with van der Waals surface area (Å²) in [5.41, 5.74) is -1.50. The summed E-state index contributed by atoms with van der Waals surface area (Å²) in [7, 11) is 0. The van der Waals surface area contributed by atoms with E-state index < -0.39 is 23.5 Å². The number of hydrogen-bond acceptors (Lipinski definition) is 10. The molecule has 1 aliphatic rings. The zero-order valence-corrected chi connectivity index (χ0v) is 17.4. The Morgan fingerprint density at radius 3 is 1.31 bits per heavy atom. The predicted octanol–water partition coefficient (Wildman–Crippen LogP) is 5.15. The number of fused-ring (bicyclic) bond motifs is 2. The lowest BCUT2D eigenvalue weighted by atomic mass is 10.1. The number of benzene rings is 2. The molecule has 36 heavy (non-hydrogen) atoms. The van der Waals surface area contributed by atoms with Crippen molar-refractivity contribution in [2.45, 2.75) is 12.4 Å². The Hall–Kier alpha value is -4.76. The van der Waals surface area contributed by atoms with Crippen LogP contribution >= 0.6 is 0 Å². The standard InChI is InChI=1S/C20H10F6N8O2/c21-19(22,23)13-5-1-3-11(7-13)9-27-33-15-17(31-35-29-15)34(18-16(33)30-36-32-18)28-10-12-4-2-6-14(8-12)20(24,25)26/h1-10H/b27-9-,28-10-. The van der Waals surface area contributed by atoms with Crippen molar-refractivity contribution in [1.29, 1.82) is 0 Å². The Balaban J connectivity index is 1.47. The first-order valence-electron chi connectivity index (χ1n) is 9.79. The monoisotopic (exact) mass is 508 g/mol. The normalized spacial score (nSPS) is 14.1. The van der Waals surface area contributed by atoms with Crippen LogP contribution in [-0.2, 0) is 12.4 Å². The average Bonchev–Trinajstić information content (AvgIpc) is 3.51. The van der Waals surface area contributed by atoms with Gasteiger partial charge in [-0.1, -0.05) is 24.3 Å². The van der Waals surface area contributed by atoms with Gasteiger partial charge in [0.1, 0.15) is 0 Å².